The van der Waals surface area contributed by atoms with Crippen LogP contribution in [0.15, 0.2) is 72.8 Å². The Kier molecular flexibility index (Phi) is 5.13. The third-order valence-electron chi connectivity index (χ3n) is 4.93. The highest BCUT2D eigenvalue weighted by atomic mass is 32.2. The Morgan fingerprint density at radius 1 is 0.710 bits per heavy atom. The molecule has 9 heteroatoms. The number of benzene rings is 3. The average Bonchev–Trinajstić information content (AvgIpc) is 3.05. The first-order chi connectivity index (χ1) is 14.5. The number of hydrogen-bond acceptors (Lipinski definition) is 2. The lowest BCUT2D eigenvalue weighted by Gasteiger charge is -2.31. The van der Waals surface area contributed by atoms with Crippen molar-refractivity contribution in [3.05, 3.63) is 72.8 Å². The number of alkyl halides is 6. The molecule has 0 atom stereocenters. The highest BCUT2D eigenvalue weighted by Crippen LogP contribution is 2.49. The van der Waals surface area contributed by atoms with Crippen LogP contribution in [0, 0.1) is 0 Å². The normalized spacial score (nSPS) is 13.1. The molecule has 2 nitrogen and oxygen atoms in total. The van der Waals surface area contributed by atoms with Crippen LogP contribution >= 0.6 is 10.5 Å². The van der Waals surface area contributed by atoms with Crippen LogP contribution in [0.5, 0.6) is 5.75 Å². The third-order valence-corrected chi connectivity index (χ3v) is 7.25. The molecule has 0 radical (unpaired) electrons. The molecule has 0 aliphatic carbocycles. The topological polar surface area (TPSA) is 29.5 Å². The van der Waals surface area contributed by atoms with E-state index < -0.39 is 35.0 Å². The highest BCUT2D eigenvalue weighted by Gasteiger charge is 2.71. The summed E-state index contributed by atoms with van der Waals surface area (Å²) in [6.07, 6.45) is -11.9. The number of fused-ring (bicyclic) bond motifs is 3. The second-order valence-electron chi connectivity index (χ2n) is 6.92. The minimum atomic E-state index is -5.94. The molecule has 0 unspecified atom stereocenters. The lowest BCUT2D eigenvalue weighted by molar-refractivity contribution is -0.373. The lowest BCUT2D eigenvalue weighted by Crippen LogP contribution is -2.60. The summed E-state index contributed by atoms with van der Waals surface area (Å²) in [4.78, 5) is 0.678. The van der Waals surface area contributed by atoms with Crippen LogP contribution in [0.25, 0.3) is 25.1 Å². The second kappa shape index (κ2) is 7.42. The first-order valence-corrected chi connectivity index (χ1v) is 10.3. The molecule has 4 rings (SSSR count). The fourth-order valence-electron chi connectivity index (χ4n) is 3.31. The summed E-state index contributed by atoms with van der Waals surface area (Å²) >= 11 is 0. The number of thiophene rings is 1. The molecule has 1 N–H and O–H groups in total. The molecule has 31 heavy (non-hydrogen) atoms. The van der Waals surface area contributed by atoms with Gasteiger partial charge in [-0.1, -0.05) is 30.3 Å². The first kappa shape index (κ1) is 21.5. The summed E-state index contributed by atoms with van der Waals surface area (Å²) in [5.41, 5.74) is -4.97. The number of halogens is 6. The molecule has 0 amide bonds. The summed E-state index contributed by atoms with van der Waals surface area (Å²) in [6.45, 7) is -2.00. The van der Waals surface area contributed by atoms with Crippen LogP contribution in [-0.4, -0.2) is 29.7 Å². The molecule has 162 valence electrons. The van der Waals surface area contributed by atoms with E-state index in [1.807, 2.05) is 48.5 Å². The maximum atomic E-state index is 12.9. The van der Waals surface area contributed by atoms with Crippen LogP contribution in [-0.2, 0) is 0 Å². The molecule has 0 saturated heterocycles. The smallest absolute Gasteiger partial charge is 0.429 e. The number of rotatable bonds is 4. The fraction of sp³-hybridized carbons (Fsp3) is 0.182. The van der Waals surface area contributed by atoms with Gasteiger partial charge in [-0.2, -0.15) is 26.3 Å². The minimum Gasteiger partial charge on any atom is -0.490 e. The van der Waals surface area contributed by atoms with E-state index in [0.29, 0.717) is 4.90 Å². The third kappa shape index (κ3) is 3.61. The van der Waals surface area contributed by atoms with Crippen LogP contribution in [0.3, 0.4) is 0 Å². The van der Waals surface area contributed by atoms with Gasteiger partial charge in [-0.05, 0) is 36.4 Å². The van der Waals surface area contributed by atoms with Crippen molar-refractivity contribution in [3.8, 4) is 10.6 Å². The van der Waals surface area contributed by atoms with Gasteiger partial charge in [0, 0.05) is 27.3 Å². The highest BCUT2D eigenvalue weighted by molar-refractivity contribution is 7.50. The number of hydrogen-bond donors (Lipinski definition) is 1. The van der Waals surface area contributed by atoms with E-state index in [1.165, 1.54) is 18.2 Å². The molecular weight excluding hydrogens is 442 g/mol. The Morgan fingerprint density at radius 2 is 1.23 bits per heavy atom. The van der Waals surface area contributed by atoms with Crippen molar-refractivity contribution >= 4 is 30.6 Å². The summed E-state index contributed by atoms with van der Waals surface area (Å²) in [6, 6.07) is 21.3. The van der Waals surface area contributed by atoms with Gasteiger partial charge in [0.15, 0.2) is 14.3 Å². The average molecular weight is 457 g/mol. The summed E-state index contributed by atoms with van der Waals surface area (Å²) in [5, 5.41) is 11.4. The molecule has 0 fully saturated rings. The Morgan fingerprint density at radius 3 is 1.74 bits per heavy atom. The second-order valence-corrected chi connectivity index (χ2v) is 8.88. The molecule has 0 aliphatic rings. The lowest BCUT2D eigenvalue weighted by atomic mass is 10.0. The van der Waals surface area contributed by atoms with Crippen LogP contribution in [0.1, 0.15) is 0 Å². The van der Waals surface area contributed by atoms with Gasteiger partial charge in [-0.15, -0.1) is 0 Å². The molecule has 0 saturated carbocycles. The zero-order chi connectivity index (χ0) is 22.4. The first-order valence-electron chi connectivity index (χ1n) is 9.04. The van der Waals surface area contributed by atoms with Crippen LogP contribution in [0.4, 0.5) is 26.3 Å². The van der Waals surface area contributed by atoms with Gasteiger partial charge in [-0.3, -0.25) is 0 Å². The summed E-state index contributed by atoms with van der Waals surface area (Å²) in [7, 11) is -0.597. The van der Waals surface area contributed by atoms with Crippen LogP contribution in [0.2, 0.25) is 0 Å². The molecule has 0 bridgehead atoms. The quantitative estimate of drug-likeness (QED) is 0.265. The Bertz CT molecular complexity index is 1170. The van der Waals surface area contributed by atoms with Crippen molar-refractivity contribution in [2.24, 2.45) is 0 Å². The van der Waals surface area contributed by atoms with E-state index >= 15 is 0 Å². The monoisotopic (exact) mass is 457 g/mol. The van der Waals surface area contributed by atoms with Crippen molar-refractivity contribution in [2.45, 2.75) is 18.0 Å². The van der Waals surface area contributed by atoms with Gasteiger partial charge in [0.2, 0.25) is 0 Å². The SMILES string of the molecule is OC(COc1cccc(-[s+]2c3ccccc3c3ccccc32)c1)(C(F)(F)F)C(F)(F)F. The molecule has 1 aromatic heterocycles. The maximum absolute atomic E-state index is 12.9. The van der Waals surface area contributed by atoms with Gasteiger partial charge in [0.05, 0.1) is 0 Å². The zero-order valence-electron chi connectivity index (χ0n) is 15.7. The molecule has 0 aliphatic heterocycles. The van der Waals surface area contributed by atoms with Crippen molar-refractivity contribution in [1.29, 1.82) is 0 Å². The van der Waals surface area contributed by atoms with E-state index in [2.05, 4.69) is 0 Å². The molecule has 1 heterocycles. The molecule has 3 aromatic carbocycles. The molecular formula is C22H15F6O2S+. The van der Waals surface area contributed by atoms with Crippen molar-refractivity contribution in [3.63, 3.8) is 0 Å². The fourth-order valence-corrected chi connectivity index (χ4v) is 5.73. The minimum absolute atomic E-state index is 0.196. The van der Waals surface area contributed by atoms with E-state index in [4.69, 9.17) is 4.74 Å². The standard InChI is InChI=1S/C22H15F6O2S/c23-21(24,25)20(29,22(26,27)28)13-30-14-6-5-7-15(12-14)31-18-10-3-1-8-16(18)17-9-2-4-11-19(17)31/h1-12,29H,13H2/q+1. The van der Waals surface area contributed by atoms with Gasteiger partial charge < -0.3 is 9.84 Å². The summed E-state index contributed by atoms with van der Waals surface area (Å²) < 4.78 is 84.3. The van der Waals surface area contributed by atoms with Gasteiger partial charge >= 0.3 is 12.4 Å². The largest absolute Gasteiger partial charge is 0.490 e. The van der Waals surface area contributed by atoms with E-state index in [0.717, 1.165) is 20.2 Å². The Labute approximate surface area is 175 Å². The van der Waals surface area contributed by atoms with E-state index in [-0.39, 0.29) is 5.75 Å². The van der Waals surface area contributed by atoms with Crippen molar-refractivity contribution in [1.82, 2.24) is 0 Å². The Balaban J connectivity index is 1.75. The van der Waals surface area contributed by atoms with E-state index in [9.17, 15) is 31.4 Å². The molecule has 4 aromatic rings. The maximum Gasteiger partial charge on any atom is 0.429 e. The van der Waals surface area contributed by atoms with E-state index in [1.54, 1.807) is 6.07 Å². The zero-order valence-corrected chi connectivity index (χ0v) is 16.5. The van der Waals surface area contributed by atoms with Crippen molar-refractivity contribution in [2.75, 3.05) is 6.61 Å². The van der Waals surface area contributed by atoms with Gasteiger partial charge in [-0.25, -0.2) is 0 Å². The molecule has 0 spiro atoms. The predicted molar refractivity (Wildman–Crippen MR) is 108 cm³/mol. The predicted octanol–water partition coefficient (Wildman–Crippen LogP) is 6.97. The van der Waals surface area contributed by atoms with Gasteiger partial charge in [0.1, 0.15) is 12.4 Å². The van der Waals surface area contributed by atoms with Gasteiger partial charge in [0.25, 0.3) is 5.60 Å². The summed E-state index contributed by atoms with van der Waals surface area (Å²) in [5.74, 6) is -0.196. The number of ether oxygens (including phenoxy) is 1. The van der Waals surface area contributed by atoms with Crippen LogP contribution < -0.4 is 4.74 Å². The number of aliphatic hydroxyl groups is 1. The Hall–Kier alpha value is -2.78. The van der Waals surface area contributed by atoms with Crippen molar-refractivity contribution < 1.29 is 36.2 Å².